The molecule has 4 rings (SSSR count). The zero-order valence-electron chi connectivity index (χ0n) is 20.4. The summed E-state index contributed by atoms with van der Waals surface area (Å²) in [6, 6.07) is 16.8. The average molecular weight is 493 g/mol. The van der Waals surface area contributed by atoms with Crippen LogP contribution in [-0.4, -0.2) is 35.3 Å². The first-order valence-electron chi connectivity index (χ1n) is 11.7. The number of aryl methyl sites for hydroxylation is 1. The molecule has 0 fully saturated rings. The maximum absolute atomic E-state index is 12.4. The van der Waals surface area contributed by atoms with Gasteiger partial charge in [0.15, 0.2) is 15.6 Å². The van der Waals surface area contributed by atoms with Crippen LogP contribution in [0.5, 0.6) is 0 Å². The second kappa shape index (κ2) is 10.5. The second-order valence-electron chi connectivity index (χ2n) is 8.76. The van der Waals surface area contributed by atoms with Gasteiger partial charge in [0.2, 0.25) is 0 Å². The van der Waals surface area contributed by atoms with Gasteiger partial charge in [-0.25, -0.2) is 13.4 Å². The number of nitrogens with one attached hydrogen (secondary N) is 1. The molecular weight excluding hydrogens is 460 g/mol. The summed E-state index contributed by atoms with van der Waals surface area (Å²) in [6.07, 6.45) is 2.78. The van der Waals surface area contributed by atoms with Gasteiger partial charge in [-0.3, -0.25) is 4.98 Å². The molecule has 0 aliphatic heterocycles. The van der Waals surface area contributed by atoms with E-state index >= 15 is 0 Å². The molecule has 184 valence electrons. The highest BCUT2D eigenvalue weighted by Crippen LogP contribution is 2.29. The molecule has 0 bridgehead atoms. The number of hydrogen-bond donors (Lipinski definition) is 1. The van der Waals surface area contributed by atoms with Crippen LogP contribution in [0.1, 0.15) is 39.9 Å². The monoisotopic (exact) mass is 492 g/mol. The Hall–Kier alpha value is -3.36. The fraction of sp³-hybridized carbons (Fsp3) is 0.296. The van der Waals surface area contributed by atoms with Crippen LogP contribution in [0.2, 0.25) is 0 Å². The lowest BCUT2D eigenvalue weighted by atomic mass is 10.1. The van der Waals surface area contributed by atoms with Crippen LogP contribution in [0, 0.1) is 6.92 Å². The molecule has 2 aromatic carbocycles. The molecule has 1 N–H and O–H groups in total. The third-order valence-corrected chi connectivity index (χ3v) is 7.97. The lowest BCUT2D eigenvalue weighted by Gasteiger charge is -2.09. The molecule has 0 aliphatic rings. The fourth-order valence-corrected chi connectivity index (χ4v) is 4.69. The molecular formula is C27H32N4O3S. The van der Waals surface area contributed by atoms with Gasteiger partial charge in [0.25, 0.3) is 0 Å². The number of benzene rings is 2. The molecule has 4 aromatic rings. The maximum Gasteiger partial charge on any atom is 0.187 e. The zero-order chi connectivity index (χ0) is 25.0. The topological polar surface area (TPSA) is 98.0 Å². The molecule has 7 nitrogen and oxygen atoms in total. The number of hydrogen-bond acceptors (Lipinski definition) is 7. The Bertz CT molecular complexity index is 1400. The Morgan fingerprint density at radius 2 is 1.66 bits per heavy atom. The Labute approximate surface area is 208 Å². The predicted octanol–water partition coefficient (Wildman–Crippen LogP) is 5.70. The van der Waals surface area contributed by atoms with E-state index in [1.165, 1.54) is 5.56 Å². The summed E-state index contributed by atoms with van der Waals surface area (Å²) in [5.41, 5.74) is 5.61. The molecule has 0 saturated heterocycles. The molecule has 0 radical (unpaired) electrons. The third kappa shape index (κ3) is 5.49. The van der Waals surface area contributed by atoms with Crippen LogP contribution in [-0.2, 0) is 16.4 Å². The highest BCUT2D eigenvalue weighted by atomic mass is 32.2. The van der Waals surface area contributed by atoms with Gasteiger partial charge in [0.1, 0.15) is 11.4 Å². The van der Waals surface area contributed by atoms with Crippen molar-refractivity contribution in [2.45, 2.75) is 50.8 Å². The first-order valence-corrected chi connectivity index (χ1v) is 13.3. The van der Waals surface area contributed by atoms with Crippen molar-refractivity contribution in [2.75, 3.05) is 6.54 Å². The van der Waals surface area contributed by atoms with Gasteiger partial charge in [-0.1, -0.05) is 48.5 Å². The van der Waals surface area contributed by atoms with E-state index < -0.39 is 15.1 Å². The van der Waals surface area contributed by atoms with Crippen molar-refractivity contribution in [3.8, 4) is 34.0 Å². The van der Waals surface area contributed by atoms with E-state index in [1.807, 2.05) is 25.1 Å². The van der Waals surface area contributed by atoms with Gasteiger partial charge in [0.05, 0.1) is 27.7 Å². The largest absolute Gasteiger partial charge is 0.354 e. The zero-order valence-corrected chi connectivity index (χ0v) is 21.3. The first kappa shape index (κ1) is 24.8. The van der Waals surface area contributed by atoms with Gasteiger partial charge in [0, 0.05) is 25.2 Å². The minimum absolute atomic E-state index is 0. The minimum atomic E-state index is -3.33. The smallest absolute Gasteiger partial charge is 0.187 e. The Morgan fingerprint density at radius 1 is 1.00 bits per heavy atom. The van der Waals surface area contributed by atoms with Crippen LogP contribution >= 0.6 is 0 Å². The number of rotatable bonds is 9. The average Bonchev–Trinajstić information content (AvgIpc) is 3.35. The van der Waals surface area contributed by atoms with E-state index in [1.54, 1.807) is 44.3 Å². The molecule has 0 unspecified atom stereocenters. The highest BCUT2D eigenvalue weighted by molar-refractivity contribution is 7.92. The summed E-state index contributed by atoms with van der Waals surface area (Å²) in [4.78, 5) is 9.53. The van der Waals surface area contributed by atoms with Crippen molar-refractivity contribution < 1.29 is 14.4 Å². The third-order valence-electron chi connectivity index (χ3n) is 5.80. The molecule has 2 heterocycles. The Morgan fingerprint density at radius 3 is 2.31 bits per heavy atom. The van der Waals surface area contributed by atoms with Crippen LogP contribution in [0.3, 0.4) is 0 Å². The number of nitrogens with zero attached hydrogens (tertiary/aromatic N) is 3. The quantitative estimate of drug-likeness (QED) is 0.299. The van der Waals surface area contributed by atoms with Crippen LogP contribution < -0.4 is 5.32 Å². The second-order valence-corrected chi connectivity index (χ2v) is 11.3. The van der Waals surface area contributed by atoms with Gasteiger partial charge >= 0.3 is 0 Å². The summed E-state index contributed by atoms with van der Waals surface area (Å²) >= 11 is 0. The van der Waals surface area contributed by atoms with E-state index in [0.717, 1.165) is 36.3 Å². The van der Waals surface area contributed by atoms with Crippen LogP contribution in [0.15, 0.2) is 70.2 Å². The minimum Gasteiger partial charge on any atom is -0.354 e. The molecule has 2 aromatic heterocycles. The Balaban J connectivity index is 0.00000361. The molecule has 0 saturated carbocycles. The van der Waals surface area contributed by atoms with Crippen molar-refractivity contribution in [1.82, 2.24) is 20.4 Å². The normalized spacial score (nSPS) is 11.8. The van der Waals surface area contributed by atoms with E-state index in [-0.39, 0.29) is 1.43 Å². The molecule has 0 amide bonds. The molecule has 0 atom stereocenters. The maximum atomic E-state index is 12.4. The molecule has 0 spiro atoms. The van der Waals surface area contributed by atoms with Crippen molar-refractivity contribution >= 4 is 9.84 Å². The van der Waals surface area contributed by atoms with Gasteiger partial charge in [-0.05, 0) is 51.4 Å². The van der Waals surface area contributed by atoms with Crippen molar-refractivity contribution in [3.05, 3.63) is 72.1 Å². The van der Waals surface area contributed by atoms with Crippen LogP contribution in [0.4, 0.5) is 0 Å². The van der Waals surface area contributed by atoms with E-state index in [4.69, 9.17) is 9.51 Å². The summed E-state index contributed by atoms with van der Waals surface area (Å²) in [5.74, 6) is 0.527. The molecule has 0 aliphatic carbocycles. The number of sulfone groups is 1. The SMILES string of the molecule is CCCNCc1ccc(-c2cc(-c3nc(-c4ccc(S(=O)(=O)C(C)C)cc4)cnc3C)on2)cc1.[HH]. The van der Waals surface area contributed by atoms with E-state index in [0.29, 0.717) is 27.7 Å². The first-order chi connectivity index (χ1) is 16.8. The van der Waals surface area contributed by atoms with Gasteiger partial charge < -0.3 is 9.84 Å². The van der Waals surface area contributed by atoms with Gasteiger partial charge in [-0.15, -0.1) is 0 Å². The standard InChI is InChI=1S/C27H30N4O3S.H2/c1-5-14-28-16-20-6-8-21(9-7-20)24-15-26(34-31-24)27-19(4)29-17-25(30-27)22-10-12-23(13-11-22)35(32,33)18(2)3;/h6-13,15,17-18,28H,5,14,16H2,1-4H3;1H. The summed E-state index contributed by atoms with van der Waals surface area (Å²) in [7, 11) is -3.33. The van der Waals surface area contributed by atoms with Gasteiger partial charge in [-0.2, -0.15) is 0 Å². The van der Waals surface area contributed by atoms with Crippen molar-refractivity contribution in [3.63, 3.8) is 0 Å². The highest BCUT2D eigenvalue weighted by Gasteiger charge is 2.19. The summed E-state index contributed by atoms with van der Waals surface area (Å²) < 4.78 is 30.5. The van der Waals surface area contributed by atoms with E-state index in [9.17, 15) is 8.42 Å². The summed E-state index contributed by atoms with van der Waals surface area (Å²) in [6.45, 7) is 9.19. The summed E-state index contributed by atoms with van der Waals surface area (Å²) in [5, 5.41) is 7.16. The van der Waals surface area contributed by atoms with Crippen molar-refractivity contribution in [1.29, 1.82) is 0 Å². The van der Waals surface area contributed by atoms with Crippen LogP contribution in [0.25, 0.3) is 34.0 Å². The Kier molecular flexibility index (Phi) is 7.42. The fourth-order valence-electron chi connectivity index (χ4n) is 3.64. The predicted molar refractivity (Wildman–Crippen MR) is 140 cm³/mol. The molecule has 8 heteroatoms. The lowest BCUT2D eigenvalue weighted by Crippen LogP contribution is -2.13. The molecule has 35 heavy (non-hydrogen) atoms. The van der Waals surface area contributed by atoms with Crippen molar-refractivity contribution in [2.24, 2.45) is 0 Å². The van der Waals surface area contributed by atoms with E-state index in [2.05, 4.69) is 34.5 Å². The lowest BCUT2D eigenvalue weighted by molar-refractivity contribution is 0.433. The number of aromatic nitrogens is 3.